The van der Waals surface area contributed by atoms with Crippen LogP contribution in [-0.2, 0) is 0 Å². The van der Waals surface area contributed by atoms with Gasteiger partial charge in [-0.05, 0) is 11.6 Å². The summed E-state index contributed by atoms with van der Waals surface area (Å²) in [6, 6.07) is 9.79. The minimum absolute atomic E-state index is 1.08. The Morgan fingerprint density at radius 3 is 2.33 bits per heavy atom. The lowest BCUT2D eigenvalue weighted by molar-refractivity contribution is 1.54. The van der Waals surface area contributed by atoms with Gasteiger partial charge in [-0.25, -0.2) is 0 Å². The molecule has 0 fully saturated rings. The molecule has 1 rings (SSSR count). The van der Waals surface area contributed by atoms with Crippen LogP contribution in [-0.4, -0.2) is 0 Å². The molecule has 45 valence electrons. The summed E-state index contributed by atoms with van der Waals surface area (Å²) in [5.74, 6) is 0. The van der Waals surface area contributed by atoms with E-state index in [0.717, 1.165) is 5.56 Å². The van der Waals surface area contributed by atoms with E-state index >= 15 is 0 Å². The summed E-state index contributed by atoms with van der Waals surface area (Å²) in [7, 11) is 0. The standard InChI is InChI=1S/C8H8N/c9-7-6-8-4-2-1-3-5-8/h1-7,9H/b7-6+. The van der Waals surface area contributed by atoms with Crippen molar-refractivity contribution in [3.8, 4) is 0 Å². The Balaban J connectivity index is 2.85. The molecule has 1 nitrogen and oxygen atoms in total. The second-order valence-corrected chi connectivity index (χ2v) is 1.74. The number of hydrogen-bond donors (Lipinski definition) is 0. The van der Waals surface area contributed by atoms with Gasteiger partial charge in [0.2, 0.25) is 0 Å². The summed E-state index contributed by atoms with van der Waals surface area (Å²) in [5.41, 5.74) is 7.84. The van der Waals surface area contributed by atoms with Crippen LogP contribution in [0.4, 0.5) is 0 Å². The van der Waals surface area contributed by atoms with Gasteiger partial charge in [-0.2, -0.15) is 0 Å². The maximum atomic E-state index is 6.76. The third-order valence-corrected chi connectivity index (χ3v) is 1.08. The highest BCUT2D eigenvalue weighted by molar-refractivity contribution is 5.47. The zero-order valence-corrected chi connectivity index (χ0v) is 5.04. The Labute approximate surface area is 54.8 Å². The van der Waals surface area contributed by atoms with E-state index in [4.69, 9.17) is 5.73 Å². The summed E-state index contributed by atoms with van der Waals surface area (Å²) >= 11 is 0. The van der Waals surface area contributed by atoms with Crippen molar-refractivity contribution in [2.75, 3.05) is 0 Å². The first-order chi connectivity index (χ1) is 4.43. The van der Waals surface area contributed by atoms with E-state index in [1.54, 1.807) is 6.08 Å². The lowest BCUT2D eigenvalue weighted by Gasteiger charge is -1.86. The van der Waals surface area contributed by atoms with Crippen LogP contribution in [0, 0.1) is 0 Å². The predicted molar refractivity (Wildman–Crippen MR) is 38.6 cm³/mol. The summed E-state index contributed by atoms with van der Waals surface area (Å²) in [6.07, 6.45) is 3.04. The van der Waals surface area contributed by atoms with Crippen LogP contribution in [0.3, 0.4) is 0 Å². The van der Waals surface area contributed by atoms with Crippen molar-refractivity contribution < 1.29 is 0 Å². The zero-order chi connectivity index (χ0) is 6.53. The minimum atomic E-state index is 1.08. The average molecular weight is 118 g/mol. The molecule has 0 unspecified atom stereocenters. The molecule has 1 aromatic rings. The Morgan fingerprint density at radius 2 is 1.78 bits per heavy atom. The van der Waals surface area contributed by atoms with Crippen molar-refractivity contribution in [1.29, 1.82) is 0 Å². The molecule has 1 aromatic carbocycles. The molecular weight excluding hydrogens is 110 g/mol. The number of benzene rings is 1. The van der Waals surface area contributed by atoms with E-state index in [0.29, 0.717) is 0 Å². The minimum Gasteiger partial charge on any atom is -0.309 e. The lowest BCUT2D eigenvalue weighted by Crippen LogP contribution is -1.67. The quantitative estimate of drug-likeness (QED) is 0.538. The number of nitrogens with one attached hydrogen (secondary N) is 1. The lowest BCUT2D eigenvalue weighted by atomic mass is 10.2. The van der Waals surface area contributed by atoms with Gasteiger partial charge >= 0.3 is 0 Å². The molecule has 0 aliphatic carbocycles. The van der Waals surface area contributed by atoms with Crippen molar-refractivity contribution in [2.45, 2.75) is 0 Å². The first-order valence-corrected chi connectivity index (χ1v) is 2.82. The van der Waals surface area contributed by atoms with Gasteiger partial charge in [-0.15, -0.1) is 0 Å². The van der Waals surface area contributed by atoms with Crippen LogP contribution in [0.1, 0.15) is 5.56 Å². The van der Waals surface area contributed by atoms with Crippen LogP contribution in [0.25, 0.3) is 6.08 Å². The van der Waals surface area contributed by atoms with E-state index in [-0.39, 0.29) is 0 Å². The van der Waals surface area contributed by atoms with Gasteiger partial charge in [0.05, 0.1) is 0 Å². The Hall–Kier alpha value is -1.24. The van der Waals surface area contributed by atoms with Crippen molar-refractivity contribution >= 4 is 6.08 Å². The maximum Gasteiger partial charge on any atom is 0.0183 e. The average Bonchev–Trinajstić information content (AvgIpc) is 1.91. The zero-order valence-electron chi connectivity index (χ0n) is 5.04. The fourth-order valence-corrected chi connectivity index (χ4v) is 0.660. The molecule has 0 saturated heterocycles. The highest BCUT2D eigenvalue weighted by Gasteiger charge is 1.78. The smallest absolute Gasteiger partial charge is 0.0183 e. The van der Waals surface area contributed by atoms with Gasteiger partial charge in [0.15, 0.2) is 0 Å². The summed E-state index contributed by atoms with van der Waals surface area (Å²) in [6.45, 7) is 0. The molecule has 9 heavy (non-hydrogen) atoms. The molecule has 0 aliphatic rings. The molecule has 0 aromatic heterocycles. The van der Waals surface area contributed by atoms with Gasteiger partial charge in [0, 0.05) is 6.20 Å². The third kappa shape index (κ3) is 1.61. The van der Waals surface area contributed by atoms with Crippen LogP contribution in [0.2, 0.25) is 0 Å². The molecule has 0 amide bonds. The molecule has 0 bridgehead atoms. The van der Waals surface area contributed by atoms with E-state index in [1.807, 2.05) is 30.3 Å². The second-order valence-electron chi connectivity index (χ2n) is 1.74. The predicted octanol–water partition coefficient (Wildman–Crippen LogP) is 1.94. The van der Waals surface area contributed by atoms with Crippen molar-refractivity contribution in [3.05, 3.63) is 42.1 Å². The molecule has 0 spiro atoms. The Morgan fingerprint density at radius 1 is 1.11 bits per heavy atom. The fourth-order valence-electron chi connectivity index (χ4n) is 0.660. The van der Waals surface area contributed by atoms with E-state index < -0.39 is 0 Å². The SMILES string of the molecule is [NH]/C=C/c1ccccc1. The van der Waals surface area contributed by atoms with Gasteiger partial charge in [-0.1, -0.05) is 30.3 Å². The number of rotatable bonds is 1. The third-order valence-electron chi connectivity index (χ3n) is 1.08. The topological polar surface area (TPSA) is 23.8 Å². The first kappa shape index (κ1) is 5.89. The van der Waals surface area contributed by atoms with Crippen LogP contribution < -0.4 is 5.73 Å². The van der Waals surface area contributed by atoms with Crippen LogP contribution in [0.15, 0.2) is 36.5 Å². The van der Waals surface area contributed by atoms with Gasteiger partial charge in [0.25, 0.3) is 0 Å². The highest BCUT2D eigenvalue weighted by Crippen LogP contribution is 1.98. The fraction of sp³-hybridized carbons (Fsp3) is 0. The van der Waals surface area contributed by atoms with E-state index in [9.17, 15) is 0 Å². The van der Waals surface area contributed by atoms with Crippen LogP contribution in [0.5, 0.6) is 0 Å². The Kier molecular flexibility index (Phi) is 1.91. The largest absolute Gasteiger partial charge is 0.309 e. The highest BCUT2D eigenvalue weighted by atomic mass is 14.5. The molecule has 1 N–H and O–H groups in total. The molecule has 0 atom stereocenters. The number of hydrogen-bond acceptors (Lipinski definition) is 0. The molecule has 1 heteroatoms. The van der Waals surface area contributed by atoms with Gasteiger partial charge < -0.3 is 5.73 Å². The summed E-state index contributed by atoms with van der Waals surface area (Å²) in [5, 5.41) is 0. The van der Waals surface area contributed by atoms with Crippen LogP contribution >= 0.6 is 0 Å². The molecule has 0 heterocycles. The molecule has 0 saturated carbocycles. The van der Waals surface area contributed by atoms with Crippen molar-refractivity contribution in [3.63, 3.8) is 0 Å². The normalized spacial score (nSPS) is 10.2. The van der Waals surface area contributed by atoms with E-state index in [2.05, 4.69) is 0 Å². The molecule has 0 aliphatic heterocycles. The van der Waals surface area contributed by atoms with Gasteiger partial charge in [0.1, 0.15) is 0 Å². The van der Waals surface area contributed by atoms with Crippen molar-refractivity contribution in [2.24, 2.45) is 0 Å². The molecular formula is C8H8N. The van der Waals surface area contributed by atoms with E-state index in [1.165, 1.54) is 6.20 Å². The van der Waals surface area contributed by atoms with Gasteiger partial charge in [-0.3, -0.25) is 0 Å². The van der Waals surface area contributed by atoms with Crippen molar-refractivity contribution in [1.82, 2.24) is 5.73 Å². The maximum absolute atomic E-state index is 6.76. The molecule has 1 radical (unpaired) electrons. The second kappa shape index (κ2) is 2.92. The summed E-state index contributed by atoms with van der Waals surface area (Å²) < 4.78 is 0. The monoisotopic (exact) mass is 118 g/mol. The Bertz CT molecular complexity index is 189. The first-order valence-electron chi connectivity index (χ1n) is 2.82. The summed E-state index contributed by atoms with van der Waals surface area (Å²) in [4.78, 5) is 0.